The lowest BCUT2D eigenvalue weighted by Crippen LogP contribution is -2.18. The maximum absolute atomic E-state index is 7.81. The molecule has 0 bridgehead atoms. The number of halogens is 1. The molecule has 110 valence electrons. The van der Waals surface area contributed by atoms with Gasteiger partial charge < -0.3 is 10.5 Å². The van der Waals surface area contributed by atoms with Crippen LogP contribution in [0.1, 0.15) is 30.7 Å². The third-order valence-electron chi connectivity index (χ3n) is 2.98. The second kappa shape index (κ2) is 6.62. The number of hydrogen-bond donors (Lipinski definition) is 2. The summed E-state index contributed by atoms with van der Waals surface area (Å²) >= 11 is 3.33. The largest absolute Gasteiger partial charge is 0.435 e. The van der Waals surface area contributed by atoms with Crippen molar-refractivity contribution in [3.05, 3.63) is 39.8 Å². The quantitative estimate of drug-likeness (QED) is 0.638. The molecule has 21 heavy (non-hydrogen) atoms. The fourth-order valence-electron chi connectivity index (χ4n) is 2.06. The van der Waals surface area contributed by atoms with Crippen molar-refractivity contribution < 1.29 is 4.74 Å². The van der Waals surface area contributed by atoms with Crippen LogP contribution in [-0.4, -0.2) is 21.0 Å². The molecule has 0 atom stereocenters. The molecule has 7 heteroatoms. The van der Waals surface area contributed by atoms with E-state index in [4.69, 9.17) is 15.9 Å². The van der Waals surface area contributed by atoms with Crippen LogP contribution in [0.2, 0.25) is 0 Å². The van der Waals surface area contributed by atoms with Crippen LogP contribution in [0.3, 0.4) is 0 Å². The van der Waals surface area contributed by atoms with Crippen molar-refractivity contribution in [2.24, 2.45) is 5.73 Å². The normalized spacial score (nSPS) is 10.4. The van der Waals surface area contributed by atoms with Gasteiger partial charge in [-0.15, -0.1) is 5.10 Å². The third kappa shape index (κ3) is 3.36. The van der Waals surface area contributed by atoms with Gasteiger partial charge in [0, 0.05) is 10.7 Å². The lowest BCUT2D eigenvalue weighted by molar-refractivity contribution is 0.449. The Hall–Kier alpha value is -2.02. The number of nitrogens with zero attached hydrogens (tertiary/aromatic N) is 3. The molecular weight excluding hydrogens is 334 g/mol. The molecule has 0 saturated heterocycles. The third-order valence-corrected chi connectivity index (χ3v) is 3.41. The van der Waals surface area contributed by atoms with Gasteiger partial charge in [-0.2, -0.15) is 5.10 Å². The number of nitrogens with one attached hydrogen (secondary N) is 1. The Morgan fingerprint density at radius 1 is 1.29 bits per heavy atom. The van der Waals surface area contributed by atoms with Crippen LogP contribution in [-0.2, 0) is 12.8 Å². The van der Waals surface area contributed by atoms with E-state index in [0.29, 0.717) is 17.7 Å². The summed E-state index contributed by atoms with van der Waals surface area (Å²) in [6, 6.07) is 1.76. The van der Waals surface area contributed by atoms with Gasteiger partial charge in [0.15, 0.2) is 0 Å². The summed E-state index contributed by atoms with van der Waals surface area (Å²) in [6.45, 7) is 3.99. The molecule has 2 aromatic heterocycles. The van der Waals surface area contributed by atoms with Gasteiger partial charge in [-0.05, 0) is 40.4 Å². The number of hydrogen-bond acceptors (Lipinski definition) is 5. The molecule has 2 aromatic rings. The molecule has 0 unspecified atom stereocenters. The van der Waals surface area contributed by atoms with Crippen molar-refractivity contribution in [2.45, 2.75) is 26.7 Å². The summed E-state index contributed by atoms with van der Waals surface area (Å²) in [5.74, 6) is 0.665. The van der Waals surface area contributed by atoms with Crippen LogP contribution < -0.4 is 10.5 Å². The fraction of sp³-hybridized carbons (Fsp3) is 0.286. The Balaban J connectivity index is 2.50. The molecule has 0 aromatic carbocycles. The zero-order chi connectivity index (χ0) is 15.4. The van der Waals surface area contributed by atoms with Crippen molar-refractivity contribution in [1.29, 1.82) is 5.41 Å². The topological polar surface area (TPSA) is 97.8 Å². The van der Waals surface area contributed by atoms with E-state index >= 15 is 0 Å². The fourth-order valence-corrected chi connectivity index (χ4v) is 2.41. The average Bonchev–Trinajstić information content (AvgIpc) is 2.46. The number of rotatable bonds is 5. The molecule has 2 heterocycles. The molecular formula is C14H16BrN5O. The monoisotopic (exact) mass is 349 g/mol. The molecule has 0 radical (unpaired) electrons. The molecule has 0 amide bonds. The SMILES string of the molecule is CCc1nnc(Oc2cncc(Br)c2)c(C(=N)N)c1CC. The number of aryl methyl sites for hydroxylation is 1. The number of amidine groups is 1. The van der Waals surface area contributed by atoms with E-state index in [9.17, 15) is 0 Å². The summed E-state index contributed by atoms with van der Waals surface area (Å²) in [7, 11) is 0. The predicted octanol–water partition coefficient (Wildman–Crippen LogP) is 2.84. The lowest BCUT2D eigenvalue weighted by Gasteiger charge is -2.14. The summed E-state index contributed by atoms with van der Waals surface area (Å²) in [6.07, 6.45) is 4.66. The number of ether oxygens (including phenoxy) is 1. The van der Waals surface area contributed by atoms with E-state index in [2.05, 4.69) is 31.1 Å². The second-order valence-electron chi connectivity index (χ2n) is 4.37. The van der Waals surface area contributed by atoms with Crippen LogP contribution in [0.5, 0.6) is 11.6 Å². The van der Waals surface area contributed by atoms with Gasteiger partial charge in [0.2, 0.25) is 5.88 Å². The maximum atomic E-state index is 7.81. The van der Waals surface area contributed by atoms with E-state index < -0.39 is 0 Å². The van der Waals surface area contributed by atoms with Crippen LogP contribution in [0.25, 0.3) is 0 Å². The Morgan fingerprint density at radius 3 is 2.62 bits per heavy atom. The molecule has 0 aliphatic heterocycles. The molecule has 2 rings (SSSR count). The van der Waals surface area contributed by atoms with E-state index in [0.717, 1.165) is 22.2 Å². The molecule has 0 saturated carbocycles. The van der Waals surface area contributed by atoms with Gasteiger partial charge in [0.25, 0.3) is 0 Å². The van der Waals surface area contributed by atoms with Gasteiger partial charge in [0.05, 0.1) is 17.5 Å². The Morgan fingerprint density at radius 2 is 2.05 bits per heavy atom. The summed E-state index contributed by atoms with van der Waals surface area (Å²) in [5, 5.41) is 16.0. The summed E-state index contributed by atoms with van der Waals surface area (Å²) in [4.78, 5) is 4.03. The molecule has 0 spiro atoms. The van der Waals surface area contributed by atoms with Gasteiger partial charge >= 0.3 is 0 Å². The van der Waals surface area contributed by atoms with Crippen LogP contribution >= 0.6 is 15.9 Å². The van der Waals surface area contributed by atoms with Crippen molar-refractivity contribution in [1.82, 2.24) is 15.2 Å². The number of nitrogen functional groups attached to an aromatic ring is 1. The first-order valence-electron chi connectivity index (χ1n) is 6.58. The highest BCUT2D eigenvalue weighted by Crippen LogP contribution is 2.27. The van der Waals surface area contributed by atoms with E-state index in [1.807, 2.05) is 13.8 Å². The second-order valence-corrected chi connectivity index (χ2v) is 5.28. The van der Waals surface area contributed by atoms with Crippen molar-refractivity contribution in [3.63, 3.8) is 0 Å². The minimum absolute atomic E-state index is 0.0746. The summed E-state index contributed by atoms with van der Waals surface area (Å²) in [5.41, 5.74) is 7.95. The van der Waals surface area contributed by atoms with Crippen molar-refractivity contribution >= 4 is 21.8 Å². The van der Waals surface area contributed by atoms with Gasteiger partial charge in [-0.1, -0.05) is 13.8 Å². The van der Waals surface area contributed by atoms with Crippen molar-refractivity contribution in [3.8, 4) is 11.6 Å². The first-order valence-corrected chi connectivity index (χ1v) is 7.37. The predicted molar refractivity (Wildman–Crippen MR) is 83.8 cm³/mol. The standard InChI is InChI=1S/C14H16BrN5O/c1-3-10-11(4-2)19-20-14(12(10)13(16)17)21-9-5-8(15)6-18-7-9/h5-7H,3-4H2,1-2H3,(H3,16,17). The lowest BCUT2D eigenvalue weighted by atomic mass is 10.0. The highest BCUT2D eigenvalue weighted by molar-refractivity contribution is 9.10. The Bertz CT molecular complexity index is 674. The minimum atomic E-state index is -0.0746. The average molecular weight is 350 g/mol. The van der Waals surface area contributed by atoms with Gasteiger partial charge in [0.1, 0.15) is 11.6 Å². The first-order chi connectivity index (χ1) is 10.1. The first kappa shape index (κ1) is 15.4. The molecule has 0 aliphatic rings. The minimum Gasteiger partial charge on any atom is -0.435 e. The van der Waals surface area contributed by atoms with Crippen molar-refractivity contribution in [2.75, 3.05) is 0 Å². The van der Waals surface area contributed by atoms with E-state index in [1.165, 1.54) is 0 Å². The number of aromatic nitrogens is 3. The number of nitrogens with two attached hydrogens (primary N) is 1. The molecule has 3 N–H and O–H groups in total. The van der Waals surface area contributed by atoms with Crippen LogP contribution in [0.15, 0.2) is 22.9 Å². The van der Waals surface area contributed by atoms with Crippen LogP contribution in [0.4, 0.5) is 0 Å². The smallest absolute Gasteiger partial charge is 0.250 e. The zero-order valence-corrected chi connectivity index (χ0v) is 13.4. The Labute approximate surface area is 131 Å². The van der Waals surface area contributed by atoms with E-state index in [1.54, 1.807) is 18.5 Å². The number of pyridine rings is 1. The Kier molecular flexibility index (Phi) is 4.85. The zero-order valence-electron chi connectivity index (χ0n) is 11.9. The summed E-state index contributed by atoms with van der Waals surface area (Å²) < 4.78 is 6.50. The highest BCUT2D eigenvalue weighted by Gasteiger charge is 2.18. The molecule has 0 aliphatic carbocycles. The van der Waals surface area contributed by atoms with Crippen LogP contribution in [0, 0.1) is 5.41 Å². The highest BCUT2D eigenvalue weighted by atomic mass is 79.9. The molecule has 6 nitrogen and oxygen atoms in total. The molecule has 0 fully saturated rings. The maximum Gasteiger partial charge on any atom is 0.250 e. The van der Waals surface area contributed by atoms with Gasteiger partial charge in [-0.25, -0.2) is 0 Å². The van der Waals surface area contributed by atoms with Gasteiger partial charge in [-0.3, -0.25) is 10.4 Å². The van der Waals surface area contributed by atoms with E-state index in [-0.39, 0.29) is 11.7 Å².